The first kappa shape index (κ1) is 6.89. The minimum atomic E-state index is 0. The zero-order chi connectivity index (χ0) is 4.41. The van der Waals surface area contributed by atoms with E-state index in [4.69, 9.17) is 4.74 Å². The van der Waals surface area contributed by atoms with Crippen molar-refractivity contribution in [3.8, 4) is 0 Å². The maximum absolute atomic E-state index is 5.15. The molecule has 0 aliphatic carbocycles. The lowest BCUT2D eigenvalue weighted by molar-refractivity contribution is 0.125. The fraction of sp³-hybridized carbons (Fsp3) is 1.00. The van der Waals surface area contributed by atoms with Gasteiger partial charge in [-0.25, -0.2) is 0 Å². The first-order valence-electron chi connectivity index (χ1n) is 2.51. The van der Waals surface area contributed by atoms with Crippen molar-refractivity contribution in [3.05, 3.63) is 0 Å². The van der Waals surface area contributed by atoms with Crippen molar-refractivity contribution < 1.29 is 9.44 Å². The highest BCUT2D eigenvalue weighted by Gasteiger charge is 2.07. The number of halogens is 1. The molecule has 0 spiro atoms. The minimum absolute atomic E-state index is 0. The van der Waals surface area contributed by atoms with Gasteiger partial charge in [0.05, 0.1) is 6.10 Å². The maximum Gasteiger partial charge on any atom is 0.0547 e. The van der Waals surface area contributed by atoms with E-state index in [0.29, 0.717) is 6.10 Å². The summed E-state index contributed by atoms with van der Waals surface area (Å²) in [6.07, 6.45) is 3.08. The van der Waals surface area contributed by atoms with Crippen LogP contribution in [-0.4, -0.2) is 12.7 Å². The van der Waals surface area contributed by atoms with Crippen molar-refractivity contribution >= 4 is 0 Å². The maximum atomic E-state index is 5.15. The van der Waals surface area contributed by atoms with Gasteiger partial charge in [-0.05, 0) is 19.8 Å². The molecule has 7 heavy (non-hydrogen) atoms. The summed E-state index contributed by atoms with van der Waals surface area (Å²) in [6.45, 7) is 3.11. The number of rotatable bonds is 0. The van der Waals surface area contributed by atoms with Crippen LogP contribution >= 0.6 is 0 Å². The molecular weight excluding hydrogens is 95.1 g/mol. The second kappa shape index (κ2) is 2.97. The molecule has 0 amide bonds. The standard InChI is InChI=1S/C5H10O.FH/c1-5-3-2-4-6-5;/h5H,2-4H2,1H3;1H. The lowest BCUT2D eigenvalue weighted by atomic mass is 10.3. The van der Waals surface area contributed by atoms with Crippen LogP contribution in [0.4, 0.5) is 4.70 Å². The van der Waals surface area contributed by atoms with Gasteiger partial charge in [0.15, 0.2) is 0 Å². The molecule has 0 N–H and O–H groups in total. The minimum Gasteiger partial charge on any atom is -0.379 e. The van der Waals surface area contributed by atoms with Crippen LogP contribution in [0, 0.1) is 0 Å². The first-order valence-corrected chi connectivity index (χ1v) is 2.51. The lowest BCUT2D eigenvalue weighted by Crippen LogP contribution is -1.94. The Morgan fingerprint density at radius 3 is 2.43 bits per heavy atom. The van der Waals surface area contributed by atoms with Gasteiger partial charge in [0.2, 0.25) is 0 Å². The Hall–Kier alpha value is -0.110. The van der Waals surface area contributed by atoms with Gasteiger partial charge < -0.3 is 4.74 Å². The Bertz CT molecular complexity index is 41.3. The molecule has 1 saturated heterocycles. The number of ether oxygens (including phenoxy) is 1. The van der Waals surface area contributed by atoms with Crippen molar-refractivity contribution in [2.24, 2.45) is 0 Å². The first-order chi connectivity index (χ1) is 2.89. The Kier molecular flexibility index (Phi) is 2.92. The van der Waals surface area contributed by atoms with Gasteiger partial charge >= 0.3 is 0 Å². The molecule has 0 bridgehead atoms. The summed E-state index contributed by atoms with van der Waals surface area (Å²) < 4.78 is 5.15. The Labute approximate surface area is 43.0 Å². The fourth-order valence-electron chi connectivity index (χ4n) is 0.739. The van der Waals surface area contributed by atoms with E-state index in [2.05, 4.69) is 6.92 Å². The Morgan fingerprint density at radius 2 is 2.29 bits per heavy atom. The molecule has 0 aromatic carbocycles. The molecule has 1 aliphatic rings. The average Bonchev–Trinajstić information content (AvgIpc) is 1.86. The Morgan fingerprint density at radius 1 is 1.57 bits per heavy atom. The van der Waals surface area contributed by atoms with Crippen LogP contribution in [-0.2, 0) is 4.74 Å². The molecule has 0 aromatic rings. The van der Waals surface area contributed by atoms with Gasteiger partial charge in [-0.3, -0.25) is 4.70 Å². The van der Waals surface area contributed by atoms with Crippen LogP contribution in [0.5, 0.6) is 0 Å². The monoisotopic (exact) mass is 106 g/mol. The van der Waals surface area contributed by atoms with Crippen LogP contribution in [0.1, 0.15) is 19.8 Å². The summed E-state index contributed by atoms with van der Waals surface area (Å²) in [5.74, 6) is 0. The molecule has 0 aromatic heterocycles. The molecule has 1 heterocycles. The third kappa shape index (κ3) is 1.88. The van der Waals surface area contributed by atoms with Gasteiger partial charge in [-0.15, -0.1) is 0 Å². The number of hydrogen-bond donors (Lipinski definition) is 0. The largest absolute Gasteiger partial charge is 0.379 e. The van der Waals surface area contributed by atoms with Crippen molar-refractivity contribution in [1.82, 2.24) is 0 Å². The van der Waals surface area contributed by atoms with E-state index < -0.39 is 0 Å². The van der Waals surface area contributed by atoms with Crippen LogP contribution in [0.3, 0.4) is 0 Å². The highest BCUT2D eigenvalue weighted by atomic mass is 19.0. The van der Waals surface area contributed by atoms with E-state index in [1.54, 1.807) is 0 Å². The molecule has 44 valence electrons. The van der Waals surface area contributed by atoms with Crippen LogP contribution in [0.25, 0.3) is 0 Å². The van der Waals surface area contributed by atoms with Gasteiger partial charge in [-0.2, -0.15) is 0 Å². The molecule has 1 atom stereocenters. The molecular formula is C5H11FO. The lowest BCUT2D eigenvalue weighted by Gasteiger charge is -1.94. The van der Waals surface area contributed by atoms with Gasteiger partial charge in [-0.1, -0.05) is 0 Å². The zero-order valence-corrected chi connectivity index (χ0v) is 4.52. The quantitative estimate of drug-likeness (QED) is 0.452. The predicted molar refractivity (Wildman–Crippen MR) is 27.2 cm³/mol. The van der Waals surface area contributed by atoms with Crippen LogP contribution in [0.15, 0.2) is 0 Å². The summed E-state index contributed by atoms with van der Waals surface area (Å²) >= 11 is 0. The summed E-state index contributed by atoms with van der Waals surface area (Å²) in [5.41, 5.74) is 0. The molecule has 1 unspecified atom stereocenters. The second-order valence-electron chi connectivity index (χ2n) is 1.82. The SMILES string of the molecule is CC1CCCO1.F. The van der Waals surface area contributed by atoms with E-state index in [9.17, 15) is 0 Å². The summed E-state index contributed by atoms with van der Waals surface area (Å²) in [6, 6.07) is 0. The molecule has 2 heteroatoms. The van der Waals surface area contributed by atoms with Crippen molar-refractivity contribution in [1.29, 1.82) is 0 Å². The molecule has 1 nitrogen and oxygen atoms in total. The normalized spacial score (nSPS) is 29.6. The fourth-order valence-corrected chi connectivity index (χ4v) is 0.739. The summed E-state index contributed by atoms with van der Waals surface area (Å²) in [4.78, 5) is 0. The Balaban J connectivity index is 0.000000360. The molecule has 1 fully saturated rings. The van der Waals surface area contributed by atoms with E-state index >= 15 is 0 Å². The van der Waals surface area contributed by atoms with E-state index in [1.165, 1.54) is 12.8 Å². The zero-order valence-electron chi connectivity index (χ0n) is 4.52. The van der Waals surface area contributed by atoms with Crippen molar-refractivity contribution in [2.45, 2.75) is 25.9 Å². The number of hydrogen-bond acceptors (Lipinski definition) is 1. The predicted octanol–water partition coefficient (Wildman–Crippen LogP) is 1.34. The van der Waals surface area contributed by atoms with E-state index in [0.717, 1.165) is 6.61 Å². The molecule has 0 radical (unpaired) electrons. The van der Waals surface area contributed by atoms with Gasteiger partial charge in [0.1, 0.15) is 0 Å². The van der Waals surface area contributed by atoms with E-state index in [-0.39, 0.29) is 4.70 Å². The van der Waals surface area contributed by atoms with Gasteiger partial charge in [0, 0.05) is 6.61 Å². The topological polar surface area (TPSA) is 9.23 Å². The molecule has 0 saturated carbocycles. The van der Waals surface area contributed by atoms with Crippen LogP contribution < -0.4 is 0 Å². The van der Waals surface area contributed by atoms with Crippen LogP contribution in [0.2, 0.25) is 0 Å². The summed E-state index contributed by atoms with van der Waals surface area (Å²) in [5, 5.41) is 0. The third-order valence-electron chi connectivity index (χ3n) is 1.16. The summed E-state index contributed by atoms with van der Waals surface area (Å²) in [7, 11) is 0. The average molecular weight is 106 g/mol. The van der Waals surface area contributed by atoms with Crippen molar-refractivity contribution in [2.75, 3.05) is 6.61 Å². The second-order valence-corrected chi connectivity index (χ2v) is 1.82. The highest BCUT2D eigenvalue weighted by Crippen LogP contribution is 2.09. The molecule has 1 aliphatic heterocycles. The van der Waals surface area contributed by atoms with Gasteiger partial charge in [0.25, 0.3) is 0 Å². The van der Waals surface area contributed by atoms with Crippen molar-refractivity contribution in [3.63, 3.8) is 0 Å². The smallest absolute Gasteiger partial charge is 0.0547 e. The highest BCUT2D eigenvalue weighted by molar-refractivity contribution is 4.56. The molecule has 1 rings (SSSR count). The third-order valence-corrected chi connectivity index (χ3v) is 1.16. The van der Waals surface area contributed by atoms with E-state index in [1.807, 2.05) is 0 Å².